The van der Waals surface area contributed by atoms with Crippen molar-refractivity contribution in [2.75, 3.05) is 25.1 Å². The predicted molar refractivity (Wildman–Crippen MR) is 113 cm³/mol. The van der Waals surface area contributed by atoms with E-state index >= 15 is 0 Å². The molecule has 0 spiro atoms. The minimum atomic E-state index is -0.331. The summed E-state index contributed by atoms with van der Waals surface area (Å²) in [6.45, 7) is 3.82. The highest BCUT2D eigenvalue weighted by Gasteiger charge is 2.17. The maximum atomic E-state index is 12.6. The summed E-state index contributed by atoms with van der Waals surface area (Å²) in [6.07, 6.45) is 3.03. The average molecular weight is 417 g/mol. The van der Waals surface area contributed by atoms with Crippen molar-refractivity contribution in [1.82, 2.24) is 5.32 Å². The van der Waals surface area contributed by atoms with Gasteiger partial charge in [-0.1, -0.05) is 18.5 Å². The smallest absolute Gasteiger partial charge is 0.255 e. The van der Waals surface area contributed by atoms with E-state index in [1.807, 2.05) is 6.92 Å². The van der Waals surface area contributed by atoms with Gasteiger partial charge in [-0.2, -0.15) is 0 Å². The maximum Gasteiger partial charge on any atom is 0.255 e. The summed E-state index contributed by atoms with van der Waals surface area (Å²) in [4.78, 5) is 25.0. The van der Waals surface area contributed by atoms with Crippen LogP contribution in [0.25, 0.3) is 0 Å². The third-order valence-corrected chi connectivity index (χ3v) is 4.82. The van der Waals surface area contributed by atoms with Crippen molar-refractivity contribution in [3.63, 3.8) is 0 Å². The first kappa shape index (κ1) is 21.1. The molecule has 1 aliphatic rings. The monoisotopic (exact) mass is 416 g/mol. The number of carbonyl (C=O) groups excluding carboxylic acids is 2. The van der Waals surface area contributed by atoms with Crippen molar-refractivity contribution >= 4 is 29.1 Å². The van der Waals surface area contributed by atoms with Crippen molar-refractivity contribution in [2.45, 2.75) is 32.3 Å². The Bertz CT molecular complexity index is 848. The number of anilines is 1. The first-order valence-electron chi connectivity index (χ1n) is 9.80. The van der Waals surface area contributed by atoms with Gasteiger partial charge >= 0.3 is 0 Å². The summed E-state index contributed by atoms with van der Waals surface area (Å²) in [6, 6.07) is 11.7. The molecule has 1 unspecified atom stereocenters. The molecule has 1 aliphatic heterocycles. The lowest BCUT2D eigenvalue weighted by atomic mass is 10.1. The Morgan fingerprint density at radius 1 is 1.17 bits per heavy atom. The molecule has 0 bridgehead atoms. The van der Waals surface area contributed by atoms with E-state index in [0.29, 0.717) is 40.7 Å². The molecule has 154 valence electrons. The molecule has 1 saturated heterocycles. The summed E-state index contributed by atoms with van der Waals surface area (Å²) in [5.41, 5.74) is 1.19. The molecule has 29 heavy (non-hydrogen) atoms. The molecule has 0 aliphatic carbocycles. The normalized spacial score (nSPS) is 15.7. The lowest BCUT2D eigenvalue weighted by molar-refractivity contribution is 0.0679. The Morgan fingerprint density at radius 2 is 1.97 bits per heavy atom. The van der Waals surface area contributed by atoms with E-state index < -0.39 is 0 Å². The van der Waals surface area contributed by atoms with Gasteiger partial charge in [-0.15, -0.1) is 0 Å². The molecule has 0 aromatic heterocycles. The third-order valence-electron chi connectivity index (χ3n) is 4.59. The van der Waals surface area contributed by atoms with Gasteiger partial charge in [0.05, 0.1) is 17.4 Å². The molecule has 2 aromatic carbocycles. The predicted octanol–water partition coefficient (Wildman–Crippen LogP) is 4.29. The van der Waals surface area contributed by atoms with Gasteiger partial charge in [-0.3, -0.25) is 9.59 Å². The maximum absolute atomic E-state index is 12.6. The standard InChI is InChI=1S/C22H25ClN2O4/c1-2-11-24-22(27)19-10-7-16(23)13-20(19)25-21(26)15-5-8-17(9-6-15)29-14-18-4-3-12-28-18/h5-10,13,18H,2-4,11-12,14H2,1H3,(H,24,27)(H,25,26). The fourth-order valence-electron chi connectivity index (χ4n) is 3.01. The van der Waals surface area contributed by atoms with Gasteiger partial charge in [0.15, 0.2) is 0 Å². The second kappa shape index (κ2) is 10.3. The number of hydrogen-bond acceptors (Lipinski definition) is 4. The summed E-state index contributed by atoms with van der Waals surface area (Å²) in [7, 11) is 0. The summed E-state index contributed by atoms with van der Waals surface area (Å²) in [5.74, 6) is 0.0959. The lowest BCUT2D eigenvalue weighted by Crippen LogP contribution is -2.25. The van der Waals surface area contributed by atoms with Gasteiger partial charge in [-0.25, -0.2) is 0 Å². The SMILES string of the molecule is CCCNC(=O)c1ccc(Cl)cc1NC(=O)c1ccc(OCC2CCCO2)cc1. The zero-order valence-electron chi connectivity index (χ0n) is 16.4. The second-order valence-electron chi connectivity index (χ2n) is 6.87. The van der Waals surface area contributed by atoms with Crippen LogP contribution in [0.1, 0.15) is 46.9 Å². The van der Waals surface area contributed by atoms with Crippen molar-refractivity contribution in [1.29, 1.82) is 0 Å². The van der Waals surface area contributed by atoms with Crippen molar-refractivity contribution in [3.8, 4) is 5.75 Å². The number of benzene rings is 2. The number of amides is 2. The van der Waals surface area contributed by atoms with E-state index in [2.05, 4.69) is 10.6 Å². The molecule has 1 fully saturated rings. The summed E-state index contributed by atoms with van der Waals surface area (Å²) < 4.78 is 11.3. The van der Waals surface area contributed by atoms with Crippen LogP contribution in [0.3, 0.4) is 0 Å². The quantitative estimate of drug-likeness (QED) is 0.673. The zero-order valence-corrected chi connectivity index (χ0v) is 17.1. The van der Waals surface area contributed by atoms with Crippen LogP contribution in [0.4, 0.5) is 5.69 Å². The molecule has 3 rings (SSSR count). The van der Waals surface area contributed by atoms with Crippen LogP contribution < -0.4 is 15.4 Å². The number of hydrogen-bond donors (Lipinski definition) is 2. The van der Waals surface area contributed by atoms with Crippen molar-refractivity contribution in [3.05, 3.63) is 58.6 Å². The molecule has 1 heterocycles. The van der Waals surface area contributed by atoms with Gasteiger partial charge in [0, 0.05) is 23.7 Å². The highest BCUT2D eigenvalue weighted by Crippen LogP contribution is 2.23. The Labute approximate surface area is 175 Å². The Morgan fingerprint density at radius 3 is 2.66 bits per heavy atom. The van der Waals surface area contributed by atoms with E-state index in [1.165, 1.54) is 0 Å². The largest absolute Gasteiger partial charge is 0.491 e. The van der Waals surface area contributed by atoms with Crippen LogP contribution in [-0.4, -0.2) is 37.7 Å². The second-order valence-corrected chi connectivity index (χ2v) is 7.31. The van der Waals surface area contributed by atoms with Crippen LogP contribution in [0.2, 0.25) is 5.02 Å². The van der Waals surface area contributed by atoms with Crippen molar-refractivity contribution in [2.24, 2.45) is 0 Å². The summed E-state index contributed by atoms with van der Waals surface area (Å²) in [5, 5.41) is 6.02. The zero-order chi connectivity index (χ0) is 20.6. The van der Waals surface area contributed by atoms with Crippen LogP contribution >= 0.6 is 11.6 Å². The number of carbonyl (C=O) groups is 2. The third kappa shape index (κ3) is 5.95. The number of halogens is 1. The average Bonchev–Trinajstić information content (AvgIpc) is 3.24. The van der Waals surface area contributed by atoms with Crippen molar-refractivity contribution < 1.29 is 19.1 Å². The minimum absolute atomic E-state index is 0.137. The number of ether oxygens (including phenoxy) is 2. The fourth-order valence-corrected chi connectivity index (χ4v) is 3.19. The highest BCUT2D eigenvalue weighted by molar-refractivity contribution is 6.31. The first-order chi connectivity index (χ1) is 14.1. The van der Waals surface area contributed by atoms with E-state index in [9.17, 15) is 9.59 Å². The molecule has 2 aromatic rings. The van der Waals surface area contributed by atoms with Crippen LogP contribution in [0.5, 0.6) is 5.75 Å². The number of rotatable bonds is 8. The molecular formula is C22H25ClN2O4. The molecule has 0 saturated carbocycles. The lowest BCUT2D eigenvalue weighted by Gasteiger charge is -2.13. The number of nitrogens with one attached hydrogen (secondary N) is 2. The first-order valence-corrected chi connectivity index (χ1v) is 10.2. The fraction of sp³-hybridized carbons (Fsp3) is 0.364. The topological polar surface area (TPSA) is 76.7 Å². The molecule has 0 radical (unpaired) electrons. The van der Waals surface area contributed by atoms with Gasteiger partial charge in [0.2, 0.25) is 0 Å². The molecule has 6 nitrogen and oxygen atoms in total. The highest BCUT2D eigenvalue weighted by atomic mass is 35.5. The van der Waals surface area contributed by atoms with E-state index in [-0.39, 0.29) is 17.9 Å². The Hall–Kier alpha value is -2.57. The van der Waals surface area contributed by atoms with Gasteiger partial charge in [0.25, 0.3) is 11.8 Å². The van der Waals surface area contributed by atoms with E-state index in [0.717, 1.165) is 25.9 Å². The Kier molecular flexibility index (Phi) is 7.49. The van der Waals surface area contributed by atoms with Crippen LogP contribution in [-0.2, 0) is 4.74 Å². The summed E-state index contributed by atoms with van der Waals surface area (Å²) >= 11 is 6.05. The molecule has 7 heteroatoms. The molecular weight excluding hydrogens is 392 g/mol. The Balaban J connectivity index is 1.64. The van der Waals surface area contributed by atoms with Crippen LogP contribution in [0, 0.1) is 0 Å². The molecule has 2 N–H and O–H groups in total. The van der Waals surface area contributed by atoms with Gasteiger partial charge < -0.3 is 20.1 Å². The van der Waals surface area contributed by atoms with E-state index in [4.69, 9.17) is 21.1 Å². The van der Waals surface area contributed by atoms with Gasteiger partial charge in [0.1, 0.15) is 12.4 Å². The van der Waals surface area contributed by atoms with E-state index in [1.54, 1.807) is 42.5 Å². The molecule has 1 atom stereocenters. The van der Waals surface area contributed by atoms with Crippen LogP contribution in [0.15, 0.2) is 42.5 Å². The molecule has 2 amide bonds. The minimum Gasteiger partial charge on any atom is -0.491 e. The van der Waals surface area contributed by atoms with Gasteiger partial charge in [-0.05, 0) is 61.7 Å².